The fourth-order valence-corrected chi connectivity index (χ4v) is 2.65. The molecule has 1 aromatic carbocycles. The Morgan fingerprint density at radius 1 is 1.45 bits per heavy atom. The van der Waals surface area contributed by atoms with E-state index in [2.05, 4.69) is 10.4 Å². The van der Waals surface area contributed by atoms with Crippen molar-refractivity contribution in [1.82, 2.24) is 15.1 Å². The maximum atomic E-state index is 12.2. The minimum atomic E-state index is -0.179. The predicted molar refractivity (Wildman–Crippen MR) is 84.2 cm³/mol. The van der Waals surface area contributed by atoms with Gasteiger partial charge in [0.2, 0.25) is 0 Å². The highest BCUT2D eigenvalue weighted by Crippen LogP contribution is 2.18. The van der Waals surface area contributed by atoms with Gasteiger partial charge in [-0.2, -0.15) is 5.10 Å². The summed E-state index contributed by atoms with van der Waals surface area (Å²) in [5.41, 5.74) is 1.29. The van der Waals surface area contributed by atoms with E-state index in [1.807, 2.05) is 24.3 Å². The molecule has 0 unspecified atom stereocenters. The molecule has 2 N–H and O–H groups in total. The number of carbonyl (C=O) groups is 1. The van der Waals surface area contributed by atoms with Gasteiger partial charge in [-0.3, -0.25) is 4.79 Å². The van der Waals surface area contributed by atoms with E-state index in [1.165, 1.54) is 6.20 Å². The average Bonchev–Trinajstić information content (AvgIpc) is 3.16. The van der Waals surface area contributed by atoms with E-state index in [9.17, 15) is 4.79 Å². The first kappa shape index (κ1) is 14.8. The number of nitrogens with zero attached hydrogens (tertiary/aromatic N) is 2. The van der Waals surface area contributed by atoms with Crippen LogP contribution in [-0.2, 0) is 0 Å². The predicted octanol–water partition coefficient (Wildman–Crippen LogP) is 2.19. The Balaban J connectivity index is 1.69. The summed E-state index contributed by atoms with van der Waals surface area (Å²) in [4.78, 5) is 12.2. The second kappa shape index (κ2) is 6.34. The van der Waals surface area contributed by atoms with Crippen molar-refractivity contribution in [3.05, 3.63) is 59.4 Å². The highest BCUT2D eigenvalue weighted by molar-refractivity contribution is 6.30. The van der Waals surface area contributed by atoms with Crippen LogP contribution in [0.1, 0.15) is 16.8 Å². The molecule has 6 heteroatoms. The number of amides is 1. The lowest BCUT2D eigenvalue weighted by Gasteiger charge is -2.11. The fourth-order valence-electron chi connectivity index (χ4n) is 2.47. The molecule has 1 aliphatic carbocycles. The van der Waals surface area contributed by atoms with Gasteiger partial charge in [0.25, 0.3) is 5.91 Å². The number of carbonyl (C=O) groups excluding carboxylic acids is 1. The Morgan fingerprint density at radius 2 is 2.32 bits per heavy atom. The van der Waals surface area contributed by atoms with Gasteiger partial charge in [0.05, 0.1) is 17.4 Å². The van der Waals surface area contributed by atoms with E-state index in [4.69, 9.17) is 16.7 Å². The van der Waals surface area contributed by atoms with Crippen molar-refractivity contribution in [2.24, 2.45) is 5.92 Å². The Hall–Kier alpha value is -2.11. The van der Waals surface area contributed by atoms with Crippen molar-refractivity contribution in [1.29, 1.82) is 0 Å². The molecule has 0 saturated heterocycles. The van der Waals surface area contributed by atoms with Crippen LogP contribution in [0, 0.1) is 5.92 Å². The average molecular weight is 318 g/mol. The van der Waals surface area contributed by atoms with Crippen LogP contribution in [0.2, 0.25) is 5.02 Å². The number of halogens is 1. The van der Waals surface area contributed by atoms with E-state index >= 15 is 0 Å². The normalized spacial score (nSPS) is 20.3. The number of nitrogens with one attached hydrogen (secondary N) is 1. The van der Waals surface area contributed by atoms with Crippen LogP contribution in [0.4, 0.5) is 0 Å². The lowest BCUT2D eigenvalue weighted by Crippen LogP contribution is -2.32. The number of hydrogen-bond donors (Lipinski definition) is 2. The monoisotopic (exact) mass is 317 g/mol. The van der Waals surface area contributed by atoms with Gasteiger partial charge in [-0.15, -0.1) is 0 Å². The summed E-state index contributed by atoms with van der Waals surface area (Å²) < 4.78 is 1.61. The molecule has 0 spiro atoms. The molecule has 2 aromatic rings. The zero-order chi connectivity index (χ0) is 15.5. The van der Waals surface area contributed by atoms with Gasteiger partial charge in [-0.05, 0) is 24.6 Å². The zero-order valence-electron chi connectivity index (χ0n) is 11.8. The van der Waals surface area contributed by atoms with E-state index in [0.29, 0.717) is 10.6 Å². The van der Waals surface area contributed by atoms with Crippen molar-refractivity contribution < 1.29 is 9.90 Å². The van der Waals surface area contributed by atoms with Gasteiger partial charge in [0, 0.05) is 29.8 Å². The second-order valence-corrected chi connectivity index (χ2v) is 5.73. The summed E-state index contributed by atoms with van der Waals surface area (Å²) in [6, 6.07) is 7.22. The third-order valence-electron chi connectivity index (χ3n) is 3.64. The van der Waals surface area contributed by atoms with Crippen molar-refractivity contribution in [3.63, 3.8) is 0 Å². The van der Waals surface area contributed by atoms with Gasteiger partial charge in [-0.25, -0.2) is 4.68 Å². The van der Waals surface area contributed by atoms with Crippen LogP contribution in [0.15, 0.2) is 48.8 Å². The lowest BCUT2D eigenvalue weighted by atomic mass is 10.1. The second-order valence-electron chi connectivity index (χ2n) is 5.30. The molecule has 0 bridgehead atoms. The van der Waals surface area contributed by atoms with E-state index in [1.54, 1.807) is 23.0 Å². The topological polar surface area (TPSA) is 67.2 Å². The van der Waals surface area contributed by atoms with Gasteiger partial charge in [0.1, 0.15) is 0 Å². The maximum absolute atomic E-state index is 12.2. The molecule has 1 heterocycles. The van der Waals surface area contributed by atoms with Crippen LogP contribution in [-0.4, -0.2) is 33.4 Å². The third kappa shape index (κ3) is 3.21. The van der Waals surface area contributed by atoms with Gasteiger partial charge < -0.3 is 10.4 Å². The molecule has 5 nitrogen and oxygen atoms in total. The summed E-state index contributed by atoms with van der Waals surface area (Å²) in [6.07, 6.45) is 7.77. The van der Waals surface area contributed by atoms with E-state index < -0.39 is 0 Å². The summed E-state index contributed by atoms with van der Waals surface area (Å²) in [6.45, 7) is 0.107. The maximum Gasteiger partial charge on any atom is 0.254 e. The van der Waals surface area contributed by atoms with Crippen molar-refractivity contribution in [3.8, 4) is 5.69 Å². The minimum absolute atomic E-state index is 0.0424. The molecular weight excluding hydrogens is 302 g/mol. The molecular formula is C16H16ClN3O2. The first-order valence-electron chi connectivity index (χ1n) is 7.06. The molecule has 3 rings (SSSR count). The number of hydrogen-bond acceptors (Lipinski definition) is 3. The van der Waals surface area contributed by atoms with Gasteiger partial charge in [0.15, 0.2) is 0 Å². The Labute approximate surface area is 133 Å². The lowest BCUT2D eigenvalue weighted by molar-refractivity contribution is 0.0941. The Morgan fingerprint density at radius 3 is 3.05 bits per heavy atom. The van der Waals surface area contributed by atoms with E-state index in [0.717, 1.165) is 12.1 Å². The molecule has 0 fully saturated rings. The zero-order valence-corrected chi connectivity index (χ0v) is 12.6. The largest absolute Gasteiger partial charge is 0.396 e. The fraction of sp³-hybridized carbons (Fsp3) is 0.250. The highest BCUT2D eigenvalue weighted by Gasteiger charge is 2.20. The Bertz CT molecular complexity index is 711. The van der Waals surface area contributed by atoms with Crippen LogP contribution in [0.3, 0.4) is 0 Å². The Kier molecular flexibility index (Phi) is 4.27. The summed E-state index contributed by atoms with van der Waals surface area (Å²) in [5.74, 6) is -0.0546. The first-order chi connectivity index (χ1) is 10.7. The molecule has 0 radical (unpaired) electrons. The van der Waals surface area contributed by atoms with Crippen molar-refractivity contribution >= 4 is 17.5 Å². The number of rotatable bonds is 4. The molecule has 2 atom stereocenters. The molecule has 0 saturated carbocycles. The van der Waals surface area contributed by atoms with Crippen molar-refractivity contribution in [2.75, 3.05) is 6.61 Å². The summed E-state index contributed by atoms with van der Waals surface area (Å²) in [5, 5.41) is 16.8. The minimum Gasteiger partial charge on any atom is -0.396 e. The number of aromatic nitrogens is 2. The van der Waals surface area contributed by atoms with Crippen LogP contribution >= 0.6 is 11.6 Å². The van der Waals surface area contributed by atoms with Crippen LogP contribution in [0.5, 0.6) is 0 Å². The standard InChI is InChI=1S/C16H16ClN3O2/c17-13-2-1-3-15(7-13)20-9-12(8-18-20)16(22)19-14-5-4-11(6-14)10-21/h1-5,7-9,11,14,21H,6,10H2,(H,19,22)/t11-,14+/m0/s1. The SMILES string of the molecule is O=C(N[C@@H]1C=C[C@H](CO)C1)c1cnn(-c2cccc(Cl)c2)c1. The van der Waals surface area contributed by atoms with E-state index in [-0.39, 0.29) is 24.5 Å². The van der Waals surface area contributed by atoms with Crippen molar-refractivity contribution in [2.45, 2.75) is 12.5 Å². The first-order valence-corrected chi connectivity index (χ1v) is 7.44. The molecule has 1 aromatic heterocycles. The van der Waals surface area contributed by atoms with Crippen LogP contribution in [0.25, 0.3) is 5.69 Å². The smallest absolute Gasteiger partial charge is 0.254 e. The number of aliphatic hydroxyl groups excluding tert-OH is 1. The van der Waals surface area contributed by atoms with Gasteiger partial charge >= 0.3 is 0 Å². The summed E-state index contributed by atoms with van der Waals surface area (Å²) in [7, 11) is 0. The molecule has 0 aliphatic heterocycles. The quantitative estimate of drug-likeness (QED) is 0.849. The number of benzene rings is 1. The highest BCUT2D eigenvalue weighted by atomic mass is 35.5. The molecule has 1 amide bonds. The molecule has 1 aliphatic rings. The number of aliphatic hydroxyl groups is 1. The van der Waals surface area contributed by atoms with Gasteiger partial charge in [-0.1, -0.05) is 29.8 Å². The molecule has 22 heavy (non-hydrogen) atoms. The molecule has 114 valence electrons. The van der Waals surface area contributed by atoms with Crippen LogP contribution < -0.4 is 5.32 Å². The third-order valence-corrected chi connectivity index (χ3v) is 3.88. The summed E-state index contributed by atoms with van der Waals surface area (Å²) >= 11 is 5.96.